The molecular weight excluding hydrogens is 367 g/mol. The maximum atomic E-state index is 13.8. The van der Waals surface area contributed by atoms with Gasteiger partial charge < -0.3 is 14.6 Å². The molecule has 0 bridgehead atoms. The van der Waals surface area contributed by atoms with Crippen LogP contribution < -0.4 is 10.6 Å². The number of halogens is 4. The van der Waals surface area contributed by atoms with Crippen LogP contribution in [0.1, 0.15) is 15.9 Å². The number of carbonyl (C=O) groups excluding carboxylic acids is 2. The van der Waals surface area contributed by atoms with Crippen molar-refractivity contribution >= 4 is 29.3 Å². The van der Waals surface area contributed by atoms with E-state index >= 15 is 0 Å². The minimum atomic E-state index is -5.02. The summed E-state index contributed by atoms with van der Waals surface area (Å²) in [5.41, 5.74) is -3.71. The van der Waals surface area contributed by atoms with Crippen molar-refractivity contribution < 1.29 is 32.0 Å². The zero-order chi connectivity index (χ0) is 18.2. The number of aromatic nitrogens is 1. The Kier molecular flexibility index (Phi) is 4.07. The van der Waals surface area contributed by atoms with E-state index in [1.807, 2.05) is 0 Å². The maximum Gasteiger partial charge on any atom is 0.434 e. The number of ether oxygens (including phenoxy) is 1. The van der Waals surface area contributed by atoms with Gasteiger partial charge in [-0.05, 0) is 18.2 Å². The molecule has 1 atom stereocenters. The summed E-state index contributed by atoms with van der Waals surface area (Å²) in [6.07, 6.45) is -4.32. The predicted octanol–water partition coefficient (Wildman–Crippen LogP) is 3.08. The molecule has 1 aromatic carbocycles. The van der Waals surface area contributed by atoms with E-state index < -0.39 is 35.9 Å². The van der Waals surface area contributed by atoms with Gasteiger partial charge in [0.05, 0.1) is 24.0 Å². The van der Waals surface area contributed by atoms with Crippen LogP contribution in [0.5, 0.6) is 0 Å². The van der Waals surface area contributed by atoms with Gasteiger partial charge >= 0.3 is 12.3 Å². The van der Waals surface area contributed by atoms with Crippen LogP contribution in [-0.2, 0) is 10.3 Å². The zero-order valence-electron chi connectivity index (χ0n) is 12.2. The van der Waals surface area contributed by atoms with Crippen molar-refractivity contribution in [3.8, 4) is 0 Å². The lowest BCUT2D eigenvalue weighted by molar-refractivity contribution is -0.261. The molecule has 1 aliphatic rings. The van der Waals surface area contributed by atoms with Gasteiger partial charge in [-0.25, -0.2) is 4.79 Å². The molecule has 7 nitrogen and oxygen atoms in total. The number of benzene rings is 1. The first-order chi connectivity index (χ1) is 11.7. The van der Waals surface area contributed by atoms with E-state index in [1.165, 1.54) is 12.1 Å². The first kappa shape index (κ1) is 17.1. The molecule has 2 N–H and O–H groups in total. The molecule has 0 spiro atoms. The zero-order valence-corrected chi connectivity index (χ0v) is 12.9. The smallest absolute Gasteiger partial charge is 0.426 e. The van der Waals surface area contributed by atoms with Gasteiger partial charge in [0, 0.05) is 10.6 Å². The molecule has 2 aromatic rings. The predicted molar refractivity (Wildman–Crippen MR) is 78.1 cm³/mol. The molecule has 0 radical (unpaired) electrons. The van der Waals surface area contributed by atoms with Crippen molar-refractivity contribution in [2.24, 2.45) is 0 Å². The van der Waals surface area contributed by atoms with E-state index in [1.54, 1.807) is 0 Å². The molecule has 0 fully saturated rings. The van der Waals surface area contributed by atoms with Crippen molar-refractivity contribution in [3.63, 3.8) is 0 Å². The van der Waals surface area contributed by atoms with Crippen LogP contribution in [-0.4, -0.2) is 29.9 Å². The van der Waals surface area contributed by atoms with Crippen LogP contribution in [0.4, 0.5) is 23.7 Å². The standard InChI is InChI=1S/C14H9ClF3N3O4/c15-8-1-2-10-9(3-8)13(14(16,17)18,25-12(23)21-10)6-19-11(22)7-4-20-24-5-7/h1-5H,6H2,(H,19,22)(H,21,23). The van der Waals surface area contributed by atoms with E-state index in [0.29, 0.717) is 0 Å². The van der Waals surface area contributed by atoms with Gasteiger partial charge in [-0.15, -0.1) is 0 Å². The topological polar surface area (TPSA) is 93.5 Å². The Morgan fingerprint density at radius 3 is 2.80 bits per heavy atom. The number of carbonyl (C=O) groups is 2. The van der Waals surface area contributed by atoms with E-state index in [2.05, 4.69) is 25.1 Å². The monoisotopic (exact) mass is 375 g/mol. The molecule has 1 aliphatic heterocycles. The van der Waals surface area contributed by atoms with Crippen LogP contribution in [0.2, 0.25) is 5.02 Å². The molecule has 132 valence electrons. The molecule has 11 heteroatoms. The highest BCUT2D eigenvalue weighted by Gasteiger charge is 2.62. The number of amides is 2. The number of rotatable bonds is 3. The first-order valence-corrected chi connectivity index (χ1v) is 7.15. The highest BCUT2D eigenvalue weighted by molar-refractivity contribution is 6.30. The lowest BCUT2D eigenvalue weighted by atomic mass is 9.89. The Morgan fingerprint density at radius 2 is 2.16 bits per heavy atom. The molecular formula is C14H9ClF3N3O4. The SMILES string of the molecule is O=C1Nc2ccc(Cl)cc2C(CNC(=O)c2cnoc2)(C(F)(F)F)O1. The second-order valence-corrected chi connectivity index (χ2v) is 5.56. The first-order valence-electron chi connectivity index (χ1n) is 6.77. The normalized spacial score (nSPS) is 19.6. The van der Waals surface area contributed by atoms with E-state index in [4.69, 9.17) is 11.6 Å². The quantitative estimate of drug-likeness (QED) is 0.860. The largest absolute Gasteiger partial charge is 0.434 e. The Balaban J connectivity index is 2.01. The average Bonchev–Trinajstić information content (AvgIpc) is 3.06. The lowest BCUT2D eigenvalue weighted by Gasteiger charge is -2.39. The van der Waals surface area contributed by atoms with E-state index in [0.717, 1.165) is 18.5 Å². The highest BCUT2D eigenvalue weighted by Crippen LogP contribution is 2.47. The van der Waals surface area contributed by atoms with Crippen molar-refractivity contribution in [2.75, 3.05) is 11.9 Å². The number of nitrogens with one attached hydrogen (secondary N) is 2. The summed E-state index contributed by atoms with van der Waals surface area (Å²) in [6.45, 7) is -1.05. The number of hydrogen-bond donors (Lipinski definition) is 2. The van der Waals surface area contributed by atoms with Crippen LogP contribution >= 0.6 is 11.6 Å². The van der Waals surface area contributed by atoms with Crippen LogP contribution in [0, 0.1) is 0 Å². The Morgan fingerprint density at radius 1 is 1.40 bits per heavy atom. The van der Waals surface area contributed by atoms with Crippen molar-refractivity contribution in [2.45, 2.75) is 11.8 Å². The summed E-state index contributed by atoms with van der Waals surface area (Å²) in [5.74, 6) is -0.872. The van der Waals surface area contributed by atoms with Crippen LogP contribution in [0.3, 0.4) is 0 Å². The van der Waals surface area contributed by atoms with Gasteiger partial charge in [0.15, 0.2) is 0 Å². The molecule has 0 saturated heterocycles. The summed E-state index contributed by atoms with van der Waals surface area (Å²) in [6, 6.07) is 3.57. The minimum Gasteiger partial charge on any atom is -0.426 e. The molecule has 0 aliphatic carbocycles. The molecule has 3 rings (SSSR count). The Labute approximate surface area is 143 Å². The number of alkyl halides is 3. The lowest BCUT2D eigenvalue weighted by Crippen LogP contribution is -2.56. The van der Waals surface area contributed by atoms with Gasteiger partial charge in [0.25, 0.3) is 11.5 Å². The molecule has 25 heavy (non-hydrogen) atoms. The highest BCUT2D eigenvalue weighted by atomic mass is 35.5. The molecule has 1 unspecified atom stereocenters. The van der Waals surface area contributed by atoms with Crippen molar-refractivity contribution in [3.05, 3.63) is 46.8 Å². The van der Waals surface area contributed by atoms with Gasteiger partial charge in [0.1, 0.15) is 6.26 Å². The number of cyclic esters (lactones) is 1. The van der Waals surface area contributed by atoms with Gasteiger partial charge in [-0.3, -0.25) is 10.1 Å². The van der Waals surface area contributed by atoms with Gasteiger partial charge in [0.2, 0.25) is 0 Å². The number of nitrogens with zero attached hydrogens (tertiary/aromatic N) is 1. The molecule has 2 heterocycles. The summed E-state index contributed by atoms with van der Waals surface area (Å²) >= 11 is 5.79. The van der Waals surface area contributed by atoms with Gasteiger partial charge in [-0.2, -0.15) is 13.2 Å². The second kappa shape index (κ2) is 5.96. The number of fused-ring (bicyclic) bond motifs is 1. The van der Waals surface area contributed by atoms with E-state index in [9.17, 15) is 22.8 Å². The molecule has 0 saturated carbocycles. The summed E-state index contributed by atoms with van der Waals surface area (Å²) in [7, 11) is 0. The number of hydrogen-bond acceptors (Lipinski definition) is 5. The van der Waals surface area contributed by atoms with Crippen LogP contribution in [0.25, 0.3) is 0 Å². The Bertz CT molecular complexity index is 825. The van der Waals surface area contributed by atoms with Gasteiger partial charge in [-0.1, -0.05) is 16.8 Å². The third-order valence-corrected chi connectivity index (χ3v) is 3.81. The maximum absolute atomic E-state index is 13.8. The fourth-order valence-electron chi connectivity index (χ4n) is 2.37. The van der Waals surface area contributed by atoms with Crippen molar-refractivity contribution in [1.29, 1.82) is 0 Å². The minimum absolute atomic E-state index is 0.0116. The molecule has 1 aromatic heterocycles. The molecule has 2 amide bonds. The fourth-order valence-corrected chi connectivity index (χ4v) is 2.55. The van der Waals surface area contributed by atoms with E-state index in [-0.39, 0.29) is 16.3 Å². The summed E-state index contributed by atoms with van der Waals surface area (Å²) in [5, 5.41) is 7.55. The third kappa shape index (κ3) is 3.00. The average molecular weight is 376 g/mol. The second-order valence-electron chi connectivity index (χ2n) is 5.12. The van der Waals surface area contributed by atoms with Crippen LogP contribution in [0.15, 0.2) is 35.2 Å². The number of anilines is 1. The fraction of sp³-hybridized carbons (Fsp3) is 0.214. The summed E-state index contributed by atoms with van der Waals surface area (Å²) in [4.78, 5) is 23.6. The third-order valence-electron chi connectivity index (χ3n) is 3.57. The van der Waals surface area contributed by atoms with Crippen molar-refractivity contribution in [1.82, 2.24) is 10.5 Å². The Hall–Kier alpha value is -2.75. The summed E-state index contributed by atoms with van der Waals surface area (Å²) < 4.78 is 50.6.